The molecular weight excluding hydrogens is 216 g/mol. The average Bonchev–Trinajstić information content (AvgIpc) is 2.95. The molecule has 0 bridgehead atoms. The fourth-order valence-corrected chi connectivity index (χ4v) is 2.47. The summed E-state index contributed by atoms with van der Waals surface area (Å²) in [6, 6.07) is 0. The van der Waals surface area contributed by atoms with Crippen LogP contribution in [-0.2, 0) is 17.9 Å². The first-order chi connectivity index (χ1) is 8.35. The van der Waals surface area contributed by atoms with Gasteiger partial charge in [0.2, 0.25) is 0 Å². The molecule has 2 N–H and O–H groups in total. The van der Waals surface area contributed by atoms with Crippen LogP contribution in [-0.4, -0.2) is 27.4 Å². The highest BCUT2D eigenvalue weighted by molar-refractivity contribution is 4.84. The summed E-state index contributed by atoms with van der Waals surface area (Å²) in [5, 5.41) is 4.19. The summed E-state index contributed by atoms with van der Waals surface area (Å²) in [5.74, 6) is 1.45. The summed E-state index contributed by atoms with van der Waals surface area (Å²) >= 11 is 0. The van der Waals surface area contributed by atoms with Crippen LogP contribution in [0.15, 0.2) is 6.33 Å². The van der Waals surface area contributed by atoms with Crippen LogP contribution in [0.3, 0.4) is 0 Å². The van der Waals surface area contributed by atoms with E-state index in [0.717, 1.165) is 31.8 Å². The largest absolute Gasteiger partial charge is 0.370 e. The fraction of sp³-hybridized carbons (Fsp3) is 0.833. The Bertz CT molecular complexity index is 339. The molecule has 2 atom stereocenters. The van der Waals surface area contributed by atoms with E-state index in [4.69, 9.17) is 10.5 Å². The first-order valence-corrected chi connectivity index (χ1v) is 6.53. The second kappa shape index (κ2) is 6.12. The van der Waals surface area contributed by atoms with Gasteiger partial charge in [-0.1, -0.05) is 13.3 Å². The number of nitrogens with zero attached hydrogens (tertiary/aromatic N) is 3. The summed E-state index contributed by atoms with van der Waals surface area (Å²) < 4.78 is 7.86. The Morgan fingerprint density at radius 1 is 1.53 bits per heavy atom. The Morgan fingerprint density at radius 2 is 2.41 bits per heavy atom. The third-order valence-corrected chi connectivity index (χ3v) is 3.45. The van der Waals surface area contributed by atoms with Gasteiger partial charge in [0.1, 0.15) is 12.9 Å². The van der Waals surface area contributed by atoms with Gasteiger partial charge in [-0.2, -0.15) is 5.10 Å². The molecule has 1 saturated carbocycles. The van der Waals surface area contributed by atoms with Crippen molar-refractivity contribution in [2.75, 3.05) is 6.54 Å². The van der Waals surface area contributed by atoms with Gasteiger partial charge in [-0.15, -0.1) is 0 Å². The number of rotatable bonds is 6. The molecule has 5 heteroatoms. The molecule has 1 fully saturated rings. The Hall–Kier alpha value is -0.940. The molecule has 0 aliphatic heterocycles. The van der Waals surface area contributed by atoms with E-state index in [1.807, 2.05) is 4.68 Å². The molecule has 0 aromatic carbocycles. The molecule has 5 nitrogen and oxygen atoms in total. The van der Waals surface area contributed by atoms with Gasteiger partial charge < -0.3 is 10.5 Å². The molecule has 0 amide bonds. The van der Waals surface area contributed by atoms with Gasteiger partial charge in [0.05, 0.1) is 6.10 Å². The molecule has 1 aromatic rings. The third kappa shape index (κ3) is 3.04. The maximum Gasteiger partial charge on any atom is 0.152 e. The van der Waals surface area contributed by atoms with Crippen LogP contribution in [0.25, 0.3) is 0 Å². The van der Waals surface area contributed by atoms with E-state index in [0.29, 0.717) is 18.6 Å². The molecule has 0 spiro atoms. The van der Waals surface area contributed by atoms with Crippen molar-refractivity contribution in [2.45, 2.75) is 51.9 Å². The number of hydrogen-bond acceptors (Lipinski definition) is 4. The minimum Gasteiger partial charge on any atom is -0.370 e. The smallest absolute Gasteiger partial charge is 0.152 e. The molecule has 96 valence electrons. The lowest BCUT2D eigenvalue weighted by molar-refractivity contribution is 0.0130. The van der Waals surface area contributed by atoms with Crippen LogP contribution in [0, 0.1) is 5.92 Å². The molecule has 0 saturated heterocycles. The number of nitrogens with two attached hydrogens (primary N) is 1. The van der Waals surface area contributed by atoms with Gasteiger partial charge in [-0.25, -0.2) is 9.67 Å². The van der Waals surface area contributed by atoms with E-state index in [2.05, 4.69) is 17.0 Å². The van der Waals surface area contributed by atoms with E-state index in [1.54, 1.807) is 6.33 Å². The van der Waals surface area contributed by atoms with E-state index < -0.39 is 0 Å². The second-order valence-electron chi connectivity index (χ2n) is 4.68. The Kier molecular flexibility index (Phi) is 4.50. The summed E-state index contributed by atoms with van der Waals surface area (Å²) in [6.07, 6.45) is 6.53. The van der Waals surface area contributed by atoms with Crippen LogP contribution in [0.2, 0.25) is 0 Å². The predicted octanol–water partition coefficient (Wildman–Crippen LogP) is 1.33. The molecule has 0 radical (unpaired) electrons. The molecule has 1 aromatic heterocycles. The number of ether oxygens (including phenoxy) is 1. The zero-order chi connectivity index (χ0) is 12.1. The summed E-state index contributed by atoms with van der Waals surface area (Å²) in [4.78, 5) is 4.24. The van der Waals surface area contributed by atoms with Gasteiger partial charge in [-0.05, 0) is 31.7 Å². The molecule has 1 heterocycles. The number of aryl methyl sites for hydroxylation is 1. The van der Waals surface area contributed by atoms with Gasteiger partial charge in [0.25, 0.3) is 0 Å². The van der Waals surface area contributed by atoms with Gasteiger partial charge in [0, 0.05) is 6.54 Å². The Morgan fingerprint density at radius 3 is 3.18 bits per heavy atom. The highest BCUT2D eigenvalue weighted by Crippen LogP contribution is 2.27. The monoisotopic (exact) mass is 238 g/mol. The van der Waals surface area contributed by atoms with Crippen LogP contribution in [0.1, 0.15) is 38.4 Å². The lowest BCUT2D eigenvalue weighted by Crippen LogP contribution is -2.25. The standard InChI is InChI=1S/C12H22N4O/c1-2-6-16-12(14-9-15-16)8-17-11-5-3-4-10(11)7-13/h9-11H,2-8,13H2,1H3. The lowest BCUT2D eigenvalue weighted by Gasteiger charge is -2.18. The zero-order valence-corrected chi connectivity index (χ0v) is 10.5. The molecular formula is C12H22N4O. The van der Waals surface area contributed by atoms with E-state index >= 15 is 0 Å². The van der Waals surface area contributed by atoms with Crippen molar-refractivity contribution < 1.29 is 4.74 Å². The van der Waals surface area contributed by atoms with E-state index in [1.165, 1.54) is 12.8 Å². The first-order valence-electron chi connectivity index (χ1n) is 6.53. The minimum atomic E-state index is 0.312. The van der Waals surface area contributed by atoms with Crippen LogP contribution >= 0.6 is 0 Å². The Labute approximate surface area is 102 Å². The normalized spacial score (nSPS) is 24.4. The summed E-state index contributed by atoms with van der Waals surface area (Å²) in [7, 11) is 0. The maximum atomic E-state index is 5.93. The molecule has 2 unspecified atom stereocenters. The van der Waals surface area contributed by atoms with E-state index in [9.17, 15) is 0 Å². The quantitative estimate of drug-likeness (QED) is 0.812. The van der Waals surface area contributed by atoms with Crippen molar-refractivity contribution in [3.63, 3.8) is 0 Å². The maximum absolute atomic E-state index is 5.93. The highest BCUT2D eigenvalue weighted by Gasteiger charge is 2.27. The number of hydrogen-bond donors (Lipinski definition) is 1. The summed E-state index contributed by atoms with van der Waals surface area (Å²) in [5.41, 5.74) is 5.74. The van der Waals surface area contributed by atoms with Crippen molar-refractivity contribution in [3.8, 4) is 0 Å². The van der Waals surface area contributed by atoms with Gasteiger partial charge in [0.15, 0.2) is 5.82 Å². The fourth-order valence-electron chi connectivity index (χ4n) is 2.47. The van der Waals surface area contributed by atoms with Crippen molar-refractivity contribution >= 4 is 0 Å². The molecule has 1 aliphatic carbocycles. The average molecular weight is 238 g/mol. The third-order valence-electron chi connectivity index (χ3n) is 3.45. The topological polar surface area (TPSA) is 66.0 Å². The SMILES string of the molecule is CCCn1ncnc1COC1CCCC1CN. The first kappa shape index (κ1) is 12.5. The van der Waals surface area contributed by atoms with Crippen LogP contribution in [0.5, 0.6) is 0 Å². The number of aromatic nitrogens is 3. The second-order valence-corrected chi connectivity index (χ2v) is 4.68. The van der Waals surface area contributed by atoms with Crippen molar-refractivity contribution in [1.29, 1.82) is 0 Å². The van der Waals surface area contributed by atoms with Crippen LogP contribution < -0.4 is 5.73 Å². The van der Waals surface area contributed by atoms with Gasteiger partial charge in [-0.3, -0.25) is 0 Å². The lowest BCUT2D eigenvalue weighted by atomic mass is 10.1. The molecule has 1 aliphatic rings. The van der Waals surface area contributed by atoms with Crippen molar-refractivity contribution in [1.82, 2.24) is 14.8 Å². The summed E-state index contributed by atoms with van der Waals surface area (Å²) in [6.45, 7) is 4.32. The molecule has 17 heavy (non-hydrogen) atoms. The van der Waals surface area contributed by atoms with Crippen LogP contribution in [0.4, 0.5) is 0 Å². The Balaban J connectivity index is 1.86. The minimum absolute atomic E-state index is 0.312. The highest BCUT2D eigenvalue weighted by atomic mass is 16.5. The molecule has 2 rings (SSSR count). The van der Waals surface area contributed by atoms with E-state index in [-0.39, 0.29) is 0 Å². The predicted molar refractivity (Wildman–Crippen MR) is 65.3 cm³/mol. The van der Waals surface area contributed by atoms with Gasteiger partial charge >= 0.3 is 0 Å². The van der Waals surface area contributed by atoms with Crippen molar-refractivity contribution in [3.05, 3.63) is 12.2 Å². The zero-order valence-electron chi connectivity index (χ0n) is 10.5. The van der Waals surface area contributed by atoms with Crippen molar-refractivity contribution in [2.24, 2.45) is 11.7 Å².